The molecule has 0 saturated carbocycles. The van der Waals surface area contributed by atoms with Crippen LogP contribution in [0, 0.1) is 13.8 Å². The molecule has 2 aromatic carbocycles. The summed E-state index contributed by atoms with van der Waals surface area (Å²) in [5.41, 5.74) is 4.55. The van der Waals surface area contributed by atoms with Crippen molar-refractivity contribution in [1.82, 2.24) is 0 Å². The summed E-state index contributed by atoms with van der Waals surface area (Å²) in [5, 5.41) is 0. The molecule has 100 valence electrons. The zero-order valence-electron chi connectivity index (χ0n) is 12.4. The molecule has 0 radical (unpaired) electrons. The summed E-state index contributed by atoms with van der Waals surface area (Å²) in [6.45, 7) is 11.3. The summed E-state index contributed by atoms with van der Waals surface area (Å²) in [6.07, 6.45) is 0. The van der Waals surface area contributed by atoms with Crippen molar-refractivity contribution in [2.75, 3.05) is 0 Å². The van der Waals surface area contributed by atoms with Gasteiger partial charge in [-0.2, -0.15) is 0 Å². The van der Waals surface area contributed by atoms with Crippen molar-refractivity contribution in [3.63, 3.8) is 0 Å². The maximum atomic E-state index is 2.37. The zero-order valence-corrected chi connectivity index (χ0v) is 14.2. The van der Waals surface area contributed by atoms with Gasteiger partial charge in [0.25, 0.3) is 0 Å². The maximum absolute atomic E-state index is 2.37. The van der Waals surface area contributed by atoms with Crippen LogP contribution in [0.2, 0.25) is 0 Å². The molecule has 0 N–H and O–H groups in total. The number of hydrogen-bond donors (Lipinski definition) is 0. The average molecular weight is 317 g/mol. The molecule has 0 atom stereocenters. The zero-order chi connectivity index (χ0) is 14.0. The van der Waals surface area contributed by atoms with Crippen molar-refractivity contribution in [2.45, 2.75) is 40.0 Å². The van der Waals surface area contributed by atoms with Crippen LogP contribution >= 0.6 is 0 Å². The summed E-state index contributed by atoms with van der Waals surface area (Å²) in [4.78, 5) is 0. The Morgan fingerprint density at radius 3 is 1.84 bits per heavy atom. The van der Waals surface area contributed by atoms with E-state index in [0.717, 1.165) is 0 Å². The van der Waals surface area contributed by atoms with E-state index in [0.29, 0.717) is 15.0 Å². The van der Waals surface area contributed by atoms with Crippen LogP contribution in [-0.2, 0) is 5.41 Å². The van der Waals surface area contributed by atoms with Gasteiger partial charge in [-0.25, -0.2) is 0 Å². The third-order valence-corrected chi connectivity index (χ3v) is 6.13. The molecule has 0 aliphatic heterocycles. The van der Waals surface area contributed by atoms with Crippen molar-refractivity contribution >= 4 is 23.9 Å². The third-order valence-electron chi connectivity index (χ3n) is 3.29. The molecule has 0 saturated heterocycles. The van der Waals surface area contributed by atoms with Crippen LogP contribution in [0.25, 0.3) is 0 Å². The molecule has 0 heterocycles. The van der Waals surface area contributed by atoms with Gasteiger partial charge in [-0.3, -0.25) is 0 Å². The molecule has 0 amide bonds. The second kappa shape index (κ2) is 5.53. The van der Waals surface area contributed by atoms with Crippen molar-refractivity contribution in [1.29, 1.82) is 0 Å². The SMILES string of the molecule is Cc1cc(C(C)(C)C)cc(C)c1[Se]c1ccccc1. The average Bonchev–Trinajstić information content (AvgIpc) is 2.33. The van der Waals surface area contributed by atoms with E-state index >= 15 is 0 Å². The Kier molecular flexibility index (Phi) is 4.18. The molecule has 0 bridgehead atoms. The van der Waals surface area contributed by atoms with E-state index in [2.05, 4.69) is 77.1 Å². The van der Waals surface area contributed by atoms with Crippen LogP contribution in [-0.4, -0.2) is 15.0 Å². The van der Waals surface area contributed by atoms with E-state index < -0.39 is 0 Å². The predicted molar refractivity (Wildman–Crippen MR) is 86.1 cm³/mol. The van der Waals surface area contributed by atoms with Crippen molar-refractivity contribution in [3.8, 4) is 0 Å². The van der Waals surface area contributed by atoms with E-state index in [-0.39, 0.29) is 5.41 Å². The van der Waals surface area contributed by atoms with Gasteiger partial charge in [-0.05, 0) is 0 Å². The van der Waals surface area contributed by atoms with Gasteiger partial charge in [-0.15, -0.1) is 0 Å². The number of aryl methyl sites for hydroxylation is 2. The molecule has 1 heteroatoms. The molecule has 2 rings (SSSR count). The molecule has 0 fully saturated rings. The first-order valence-electron chi connectivity index (χ1n) is 6.72. The minimum absolute atomic E-state index is 0.230. The van der Waals surface area contributed by atoms with Crippen LogP contribution in [0.1, 0.15) is 37.5 Å². The van der Waals surface area contributed by atoms with Gasteiger partial charge < -0.3 is 0 Å². The molecule has 0 spiro atoms. The Morgan fingerprint density at radius 1 is 0.842 bits per heavy atom. The van der Waals surface area contributed by atoms with Crippen LogP contribution < -0.4 is 8.92 Å². The number of hydrogen-bond acceptors (Lipinski definition) is 0. The first-order valence-corrected chi connectivity index (χ1v) is 8.44. The molecule has 0 aliphatic carbocycles. The molecular formula is C18H22Se. The monoisotopic (exact) mass is 318 g/mol. The molecular weight excluding hydrogens is 295 g/mol. The van der Waals surface area contributed by atoms with E-state index in [9.17, 15) is 0 Å². The van der Waals surface area contributed by atoms with E-state index in [1.807, 2.05) is 0 Å². The van der Waals surface area contributed by atoms with Crippen LogP contribution in [0.4, 0.5) is 0 Å². The first kappa shape index (κ1) is 14.4. The number of rotatable bonds is 2. The summed E-state index contributed by atoms with van der Waals surface area (Å²) < 4.78 is 2.98. The molecule has 0 aromatic heterocycles. The van der Waals surface area contributed by atoms with Gasteiger partial charge in [0.2, 0.25) is 0 Å². The predicted octanol–water partition coefficient (Wildman–Crippen LogP) is 3.26. The quantitative estimate of drug-likeness (QED) is 0.746. The molecule has 0 aliphatic rings. The second-order valence-corrected chi connectivity index (χ2v) is 8.38. The third kappa shape index (κ3) is 3.49. The van der Waals surface area contributed by atoms with E-state index in [1.165, 1.54) is 25.6 Å². The van der Waals surface area contributed by atoms with Gasteiger partial charge in [-0.1, -0.05) is 0 Å². The van der Waals surface area contributed by atoms with Gasteiger partial charge in [0.15, 0.2) is 0 Å². The Balaban J connectivity index is 2.38. The molecule has 19 heavy (non-hydrogen) atoms. The second-order valence-electron chi connectivity index (χ2n) is 6.10. The minimum atomic E-state index is 0.230. The first-order chi connectivity index (χ1) is 8.88. The van der Waals surface area contributed by atoms with Crippen LogP contribution in [0.5, 0.6) is 0 Å². The summed E-state index contributed by atoms with van der Waals surface area (Å²) in [7, 11) is 0. The van der Waals surface area contributed by atoms with Gasteiger partial charge in [0, 0.05) is 0 Å². The van der Waals surface area contributed by atoms with E-state index in [4.69, 9.17) is 0 Å². The van der Waals surface area contributed by atoms with Crippen LogP contribution in [0.15, 0.2) is 42.5 Å². The molecule has 2 aromatic rings. The van der Waals surface area contributed by atoms with Crippen molar-refractivity contribution < 1.29 is 0 Å². The van der Waals surface area contributed by atoms with Gasteiger partial charge in [0.05, 0.1) is 0 Å². The fourth-order valence-corrected chi connectivity index (χ4v) is 4.18. The van der Waals surface area contributed by atoms with E-state index in [1.54, 1.807) is 0 Å². The Labute approximate surface area is 123 Å². The summed E-state index contributed by atoms with van der Waals surface area (Å²) in [5.74, 6) is 0. The molecule has 0 nitrogen and oxygen atoms in total. The standard InChI is InChI=1S/C18H22Se/c1-13-11-15(18(3,4)5)12-14(2)17(13)19-16-9-7-6-8-10-16/h6-12H,1-5H3. The van der Waals surface area contributed by atoms with Crippen molar-refractivity contribution in [3.05, 3.63) is 59.2 Å². The van der Waals surface area contributed by atoms with Crippen LogP contribution in [0.3, 0.4) is 0 Å². The number of benzene rings is 2. The Morgan fingerprint density at radius 2 is 1.37 bits per heavy atom. The van der Waals surface area contributed by atoms with Gasteiger partial charge >= 0.3 is 123 Å². The fourth-order valence-electron chi connectivity index (χ4n) is 2.15. The Hall–Kier alpha value is -1.04. The summed E-state index contributed by atoms with van der Waals surface area (Å²) >= 11 is 0.409. The molecule has 0 unspecified atom stereocenters. The Bertz CT molecular complexity index is 539. The van der Waals surface area contributed by atoms with Crippen molar-refractivity contribution in [2.24, 2.45) is 0 Å². The normalized spacial score (nSPS) is 11.6. The topological polar surface area (TPSA) is 0 Å². The van der Waals surface area contributed by atoms with Gasteiger partial charge in [0.1, 0.15) is 0 Å². The fraction of sp³-hybridized carbons (Fsp3) is 0.333. The summed E-state index contributed by atoms with van der Waals surface area (Å²) in [6, 6.07) is 15.5.